The van der Waals surface area contributed by atoms with Crippen LogP contribution in [0.1, 0.15) is 127 Å². The third kappa shape index (κ3) is 11.8. The number of benzene rings is 3. The number of aliphatic hydroxyl groups excluding tert-OH is 1. The van der Waals surface area contributed by atoms with Gasteiger partial charge in [-0.05, 0) is 78.1 Å². The van der Waals surface area contributed by atoms with Gasteiger partial charge in [-0.1, -0.05) is 109 Å². The molecule has 15 heteroatoms. The quantitative estimate of drug-likeness (QED) is 0.0749. The van der Waals surface area contributed by atoms with Gasteiger partial charge < -0.3 is 40.2 Å². The van der Waals surface area contributed by atoms with Crippen LogP contribution < -0.4 is 25.4 Å². The molecule has 4 N–H and O–H groups in total. The van der Waals surface area contributed by atoms with Gasteiger partial charge in [0.2, 0.25) is 23.6 Å². The zero-order valence-corrected chi connectivity index (χ0v) is 42.3. The Balaban J connectivity index is 0.843. The van der Waals surface area contributed by atoms with Crippen molar-refractivity contribution in [3.8, 4) is 28.8 Å². The Bertz CT molecular complexity index is 2530. The SMILES string of the molecule is C[C@H](NC(=O)[C@@H]1C[C@@H](O)CN1C(=O)C(NC(=O)COCCOc1ccc(-c2ccc(C(=O)NC3C(C)(C)C(Oc4ccc(C#N)c(Cl)c4)C3(C)C)cc2)cn1)C(C)(C)C)c1ccc(C2CCCC2)cc1. The normalized spacial score (nSPS) is 21.4. The van der Waals surface area contributed by atoms with Crippen LogP contribution in [0, 0.1) is 27.6 Å². The van der Waals surface area contributed by atoms with Gasteiger partial charge in [-0.3, -0.25) is 19.2 Å². The Labute approximate surface area is 416 Å². The van der Waals surface area contributed by atoms with E-state index in [-0.39, 0.29) is 62.8 Å². The van der Waals surface area contributed by atoms with Crippen LogP contribution in [0.5, 0.6) is 11.6 Å². The Kier molecular flexibility index (Phi) is 16.0. The molecule has 7 rings (SSSR count). The number of rotatable bonds is 17. The van der Waals surface area contributed by atoms with Crippen molar-refractivity contribution in [2.24, 2.45) is 16.2 Å². The molecular formula is C55H67ClN6O8. The molecule has 1 aliphatic heterocycles. The summed E-state index contributed by atoms with van der Waals surface area (Å²) in [5, 5.41) is 29.3. The molecule has 2 saturated carbocycles. The Morgan fingerprint density at radius 1 is 0.914 bits per heavy atom. The van der Waals surface area contributed by atoms with Crippen molar-refractivity contribution in [1.29, 1.82) is 5.26 Å². The molecule has 4 atom stereocenters. The van der Waals surface area contributed by atoms with Gasteiger partial charge in [0.1, 0.15) is 43.2 Å². The Hall–Kier alpha value is -6.01. The molecule has 2 aliphatic carbocycles. The van der Waals surface area contributed by atoms with Crippen LogP contribution in [0.25, 0.3) is 11.1 Å². The van der Waals surface area contributed by atoms with E-state index in [0.717, 1.165) is 16.7 Å². The number of carbonyl (C=O) groups is 4. The molecule has 1 unspecified atom stereocenters. The van der Waals surface area contributed by atoms with E-state index in [1.165, 1.54) is 36.1 Å². The molecule has 372 valence electrons. The maximum atomic E-state index is 14.1. The zero-order chi connectivity index (χ0) is 50.5. The molecule has 4 amide bonds. The van der Waals surface area contributed by atoms with E-state index in [1.54, 1.807) is 42.6 Å². The number of aromatic nitrogens is 1. The fraction of sp³-hybridized carbons (Fsp3) is 0.491. The minimum absolute atomic E-state index is 0.0189. The molecule has 3 fully saturated rings. The summed E-state index contributed by atoms with van der Waals surface area (Å²) < 4.78 is 17.7. The second kappa shape index (κ2) is 21.5. The van der Waals surface area contributed by atoms with E-state index in [0.29, 0.717) is 33.7 Å². The summed E-state index contributed by atoms with van der Waals surface area (Å²) in [4.78, 5) is 60.2. The summed E-state index contributed by atoms with van der Waals surface area (Å²) >= 11 is 6.25. The monoisotopic (exact) mass is 974 g/mol. The van der Waals surface area contributed by atoms with Gasteiger partial charge in [0.15, 0.2) is 0 Å². The smallest absolute Gasteiger partial charge is 0.251 e. The zero-order valence-electron chi connectivity index (χ0n) is 41.5. The lowest BCUT2D eigenvalue weighted by Crippen LogP contribution is -2.74. The van der Waals surface area contributed by atoms with E-state index in [2.05, 4.69) is 79.0 Å². The fourth-order valence-electron chi connectivity index (χ4n) is 10.7. The minimum atomic E-state index is -0.984. The lowest BCUT2D eigenvalue weighted by Gasteiger charge is -2.63. The highest BCUT2D eigenvalue weighted by molar-refractivity contribution is 6.31. The highest BCUT2D eigenvalue weighted by atomic mass is 35.5. The molecule has 0 spiro atoms. The van der Waals surface area contributed by atoms with E-state index >= 15 is 0 Å². The predicted octanol–water partition coefficient (Wildman–Crippen LogP) is 8.31. The second-order valence-electron chi connectivity index (χ2n) is 21.3. The first-order valence-electron chi connectivity index (χ1n) is 24.3. The number of amides is 4. The molecular weight excluding hydrogens is 908 g/mol. The largest absolute Gasteiger partial charge is 0.489 e. The predicted molar refractivity (Wildman–Crippen MR) is 267 cm³/mol. The number of aliphatic hydroxyl groups is 1. The number of pyridine rings is 1. The number of hydrogen-bond acceptors (Lipinski definition) is 10. The standard InChI is InChI=1S/C55H67ClN6O8/c1-33(34-13-15-36(16-14-34)35-11-9-10-12-35)59-49(66)44-27-41(63)31-62(44)50(67)47(53(2,3)4)60-45(64)32-68-25-26-69-46-24-22-40(30-58-46)37-17-19-38(20-18-37)48(65)61-51-54(5,6)52(55(51,7)8)70-42-23-21-39(29-57)43(56)28-42/h13-24,28,30,33,35,41,44,47,51-52,63H,9-12,25-27,31-32H2,1-8H3,(H,59,66)(H,60,64)(H,61,65)/t33-,41+,44-,47?,51?,52?/m0/s1. The van der Waals surface area contributed by atoms with Gasteiger partial charge in [0.25, 0.3) is 5.91 Å². The van der Waals surface area contributed by atoms with E-state index < -0.39 is 46.2 Å². The van der Waals surface area contributed by atoms with Crippen molar-refractivity contribution in [1.82, 2.24) is 25.8 Å². The van der Waals surface area contributed by atoms with Crippen LogP contribution in [0.2, 0.25) is 5.02 Å². The first-order valence-corrected chi connectivity index (χ1v) is 24.7. The lowest BCUT2D eigenvalue weighted by molar-refractivity contribution is -0.164. The molecule has 3 aliphatic rings. The van der Waals surface area contributed by atoms with Crippen molar-refractivity contribution >= 4 is 35.2 Å². The van der Waals surface area contributed by atoms with Crippen LogP contribution in [-0.2, 0) is 19.1 Å². The second-order valence-corrected chi connectivity index (χ2v) is 21.7. The molecule has 3 aromatic carbocycles. The molecule has 4 aromatic rings. The van der Waals surface area contributed by atoms with Gasteiger partial charge >= 0.3 is 0 Å². The average molecular weight is 976 g/mol. The molecule has 0 radical (unpaired) electrons. The van der Waals surface area contributed by atoms with Gasteiger partial charge in [0.05, 0.1) is 29.3 Å². The summed E-state index contributed by atoms with van der Waals surface area (Å²) in [6, 6.07) is 24.0. The highest BCUT2D eigenvalue weighted by Crippen LogP contribution is 2.55. The van der Waals surface area contributed by atoms with Gasteiger partial charge in [0, 0.05) is 59.3 Å². The molecule has 14 nitrogen and oxygen atoms in total. The highest BCUT2D eigenvalue weighted by Gasteiger charge is 2.64. The number of β-amino-alcohol motifs (C(OH)–C–C–N with tert-alkyl or cyclic N) is 1. The van der Waals surface area contributed by atoms with E-state index in [1.807, 2.05) is 45.9 Å². The van der Waals surface area contributed by atoms with Crippen molar-refractivity contribution < 1.29 is 38.5 Å². The van der Waals surface area contributed by atoms with Crippen LogP contribution in [-0.4, -0.2) is 95.3 Å². The number of ether oxygens (including phenoxy) is 3. The molecule has 0 bridgehead atoms. The topological polar surface area (TPSA) is 192 Å². The summed E-state index contributed by atoms with van der Waals surface area (Å²) in [5.74, 6) is 0.0230. The maximum absolute atomic E-state index is 14.1. The molecule has 2 heterocycles. The minimum Gasteiger partial charge on any atom is -0.489 e. The number of nitriles is 1. The Morgan fingerprint density at radius 2 is 1.59 bits per heavy atom. The number of likely N-dealkylation sites (tertiary alicyclic amines) is 1. The van der Waals surface area contributed by atoms with Crippen LogP contribution >= 0.6 is 11.6 Å². The Morgan fingerprint density at radius 3 is 2.20 bits per heavy atom. The van der Waals surface area contributed by atoms with Gasteiger partial charge in [-0.25, -0.2) is 4.98 Å². The number of carbonyl (C=O) groups excluding carboxylic acids is 4. The van der Waals surface area contributed by atoms with Gasteiger partial charge in [-0.15, -0.1) is 0 Å². The third-order valence-electron chi connectivity index (χ3n) is 14.3. The summed E-state index contributed by atoms with van der Waals surface area (Å²) in [5.41, 5.74) is 3.35. The average Bonchev–Trinajstić information content (AvgIpc) is 4.02. The fourth-order valence-corrected chi connectivity index (χ4v) is 10.9. The van der Waals surface area contributed by atoms with Crippen LogP contribution in [0.15, 0.2) is 85.1 Å². The maximum Gasteiger partial charge on any atom is 0.251 e. The molecule has 1 saturated heterocycles. The third-order valence-corrected chi connectivity index (χ3v) is 14.6. The van der Waals surface area contributed by atoms with Crippen molar-refractivity contribution in [3.63, 3.8) is 0 Å². The summed E-state index contributed by atoms with van der Waals surface area (Å²) in [6.07, 6.45) is 5.60. The molecule has 1 aromatic heterocycles. The van der Waals surface area contributed by atoms with E-state index in [4.69, 9.17) is 25.8 Å². The van der Waals surface area contributed by atoms with Crippen molar-refractivity contribution in [2.45, 2.75) is 130 Å². The number of halogens is 1. The van der Waals surface area contributed by atoms with Gasteiger partial charge in [-0.2, -0.15) is 5.26 Å². The van der Waals surface area contributed by atoms with Crippen LogP contribution in [0.3, 0.4) is 0 Å². The number of hydrogen-bond donors (Lipinski definition) is 4. The van der Waals surface area contributed by atoms with E-state index in [9.17, 15) is 29.5 Å². The van der Waals surface area contributed by atoms with Crippen LogP contribution in [0.4, 0.5) is 0 Å². The number of nitrogens with one attached hydrogen (secondary N) is 3. The van der Waals surface area contributed by atoms with Crippen molar-refractivity contribution in [3.05, 3.63) is 112 Å². The van der Waals surface area contributed by atoms with Crippen molar-refractivity contribution in [2.75, 3.05) is 26.4 Å². The lowest BCUT2D eigenvalue weighted by atomic mass is 9.49. The first-order chi connectivity index (χ1) is 33.2. The molecule has 70 heavy (non-hydrogen) atoms. The summed E-state index contributed by atoms with van der Waals surface area (Å²) in [7, 11) is 0. The summed E-state index contributed by atoms with van der Waals surface area (Å²) in [6.45, 7) is 15.5. The number of nitrogens with zero attached hydrogens (tertiary/aromatic N) is 3. The first kappa shape index (κ1) is 51.8.